The molecule has 0 spiro atoms. The Labute approximate surface area is 98.9 Å². The van der Waals surface area contributed by atoms with E-state index in [-0.39, 0.29) is 0 Å². The number of hydrogen-bond acceptors (Lipinski definition) is 5. The number of thiophene rings is 2. The molecule has 0 saturated heterocycles. The van der Waals surface area contributed by atoms with Crippen molar-refractivity contribution < 1.29 is 9.59 Å². The average Bonchev–Trinajstić information content (AvgIpc) is 2.87. The Morgan fingerprint density at radius 2 is 1.33 bits per heavy atom. The second kappa shape index (κ2) is 4.74. The third-order valence-electron chi connectivity index (χ3n) is 1.64. The Bertz CT molecular complexity index is 440. The van der Waals surface area contributed by atoms with Gasteiger partial charge >= 0.3 is 0 Å². The number of hydrogen-bond donors (Lipinski definition) is 0. The van der Waals surface area contributed by atoms with Crippen molar-refractivity contribution in [3.8, 4) is 0 Å². The summed E-state index contributed by atoms with van der Waals surface area (Å²) in [6.07, 6.45) is 1.69. The minimum Gasteiger partial charge on any atom is -0.297 e. The molecule has 2 heterocycles. The van der Waals surface area contributed by atoms with Gasteiger partial charge in [-0.1, -0.05) is 11.8 Å². The lowest BCUT2D eigenvalue weighted by atomic mass is 10.5. The quantitative estimate of drug-likeness (QED) is 0.782. The molecular weight excluding hydrogens is 248 g/mol. The molecule has 0 bridgehead atoms. The minimum absolute atomic E-state index is 0.727. The van der Waals surface area contributed by atoms with E-state index >= 15 is 0 Å². The predicted molar refractivity (Wildman–Crippen MR) is 63.5 cm³/mol. The number of carbonyl (C=O) groups excluding carboxylic acids is 2. The molecule has 0 amide bonds. The lowest BCUT2D eigenvalue weighted by Crippen LogP contribution is -1.62. The van der Waals surface area contributed by atoms with Gasteiger partial charge in [-0.05, 0) is 24.3 Å². The summed E-state index contributed by atoms with van der Waals surface area (Å²) in [6.45, 7) is 0. The van der Waals surface area contributed by atoms with Crippen LogP contribution in [-0.4, -0.2) is 12.6 Å². The van der Waals surface area contributed by atoms with Crippen LogP contribution in [0.3, 0.4) is 0 Å². The van der Waals surface area contributed by atoms with Crippen LogP contribution in [0.4, 0.5) is 0 Å². The van der Waals surface area contributed by atoms with Gasteiger partial charge in [-0.15, -0.1) is 22.7 Å². The van der Waals surface area contributed by atoms with E-state index in [1.807, 2.05) is 12.1 Å². The predicted octanol–water partition coefficient (Wildman–Crippen LogP) is 3.59. The highest BCUT2D eigenvalue weighted by Gasteiger charge is 2.04. The van der Waals surface area contributed by atoms with Gasteiger partial charge in [0.05, 0.1) is 18.2 Å². The van der Waals surface area contributed by atoms with Gasteiger partial charge in [0.15, 0.2) is 12.6 Å². The maximum Gasteiger partial charge on any atom is 0.160 e. The summed E-state index contributed by atoms with van der Waals surface area (Å²) >= 11 is 4.49. The van der Waals surface area contributed by atoms with Crippen LogP contribution in [-0.2, 0) is 0 Å². The first-order chi connectivity index (χ1) is 7.31. The van der Waals surface area contributed by atoms with Gasteiger partial charge in [-0.3, -0.25) is 9.59 Å². The molecule has 2 nitrogen and oxygen atoms in total. The van der Waals surface area contributed by atoms with Crippen molar-refractivity contribution >= 4 is 47.0 Å². The highest BCUT2D eigenvalue weighted by molar-refractivity contribution is 8.02. The molecular formula is C10H6O2S3. The SMILES string of the molecule is O=Cc1ccc(Sc2ccc(C=O)s2)s1. The maximum atomic E-state index is 10.5. The van der Waals surface area contributed by atoms with E-state index in [9.17, 15) is 9.59 Å². The molecule has 0 aliphatic rings. The third kappa shape index (κ3) is 2.56. The summed E-state index contributed by atoms with van der Waals surface area (Å²) < 4.78 is 2.13. The van der Waals surface area contributed by atoms with Crippen LogP contribution in [0.15, 0.2) is 32.7 Å². The topological polar surface area (TPSA) is 34.1 Å². The molecule has 76 valence electrons. The van der Waals surface area contributed by atoms with Crippen molar-refractivity contribution in [2.75, 3.05) is 0 Å². The van der Waals surface area contributed by atoms with Crippen LogP contribution >= 0.6 is 34.4 Å². The van der Waals surface area contributed by atoms with Gasteiger partial charge in [0, 0.05) is 0 Å². The Balaban J connectivity index is 2.13. The van der Waals surface area contributed by atoms with Gasteiger partial charge in [-0.2, -0.15) is 0 Å². The van der Waals surface area contributed by atoms with Gasteiger partial charge < -0.3 is 0 Å². The van der Waals surface area contributed by atoms with Crippen molar-refractivity contribution in [3.63, 3.8) is 0 Å². The standard InChI is InChI=1S/C10H6O2S3/c11-5-7-1-3-9(13-7)15-10-4-2-8(6-12)14-10/h1-6H. The van der Waals surface area contributed by atoms with Crippen molar-refractivity contribution in [3.05, 3.63) is 34.0 Å². The molecule has 0 fully saturated rings. The first-order valence-electron chi connectivity index (χ1n) is 4.09. The van der Waals surface area contributed by atoms with Crippen LogP contribution < -0.4 is 0 Å². The van der Waals surface area contributed by atoms with E-state index in [1.54, 1.807) is 23.9 Å². The van der Waals surface area contributed by atoms with E-state index in [2.05, 4.69) is 0 Å². The molecule has 0 unspecified atom stereocenters. The van der Waals surface area contributed by atoms with Crippen molar-refractivity contribution in [2.45, 2.75) is 8.42 Å². The largest absolute Gasteiger partial charge is 0.297 e. The molecule has 2 aromatic heterocycles. The fraction of sp³-hybridized carbons (Fsp3) is 0. The maximum absolute atomic E-state index is 10.5. The van der Waals surface area contributed by atoms with Gasteiger partial charge in [0.1, 0.15) is 0 Å². The van der Waals surface area contributed by atoms with E-state index in [4.69, 9.17) is 0 Å². The molecule has 0 atom stereocenters. The third-order valence-corrected chi connectivity index (χ3v) is 4.92. The molecule has 2 rings (SSSR count). The summed E-state index contributed by atoms with van der Waals surface area (Å²) in [5.41, 5.74) is 0. The van der Waals surface area contributed by atoms with Crippen molar-refractivity contribution in [1.29, 1.82) is 0 Å². The molecule has 2 aromatic rings. The first kappa shape index (κ1) is 10.6. The van der Waals surface area contributed by atoms with Gasteiger partial charge in [0.2, 0.25) is 0 Å². The van der Waals surface area contributed by atoms with Crippen LogP contribution in [0.2, 0.25) is 0 Å². The Morgan fingerprint density at radius 1 is 0.867 bits per heavy atom. The summed E-state index contributed by atoms with van der Waals surface area (Å²) in [6, 6.07) is 7.43. The second-order valence-electron chi connectivity index (χ2n) is 2.65. The van der Waals surface area contributed by atoms with Crippen LogP contribution in [0.1, 0.15) is 19.3 Å². The van der Waals surface area contributed by atoms with E-state index in [0.29, 0.717) is 0 Å². The fourth-order valence-corrected chi connectivity index (χ4v) is 4.19. The summed E-state index contributed by atoms with van der Waals surface area (Å²) in [4.78, 5) is 22.4. The minimum atomic E-state index is 0.727. The smallest absolute Gasteiger partial charge is 0.160 e. The Morgan fingerprint density at radius 3 is 1.67 bits per heavy atom. The van der Waals surface area contributed by atoms with E-state index in [1.165, 1.54) is 22.7 Å². The number of carbonyl (C=O) groups is 2. The van der Waals surface area contributed by atoms with E-state index < -0.39 is 0 Å². The monoisotopic (exact) mass is 254 g/mol. The number of aldehydes is 2. The highest BCUT2D eigenvalue weighted by atomic mass is 32.2. The van der Waals surface area contributed by atoms with Crippen LogP contribution in [0.5, 0.6) is 0 Å². The second-order valence-corrected chi connectivity index (χ2v) is 6.48. The fourth-order valence-electron chi connectivity index (χ4n) is 1.00. The zero-order valence-corrected chi connectivity index (χ0v) is 9.95. The highest BCUT2D eigenvalue weighted by Crippen LogP contribution is 2.36. The molecule has 0 radical (unpaired) electrons. The van der Waals surface area contributed by atoms with Gasteiger partial charge in [-0.25, -0.2) is 0 Å². The molecule has 15 heavy (non-hydrogen) atoms. The molecule has 0 aliphatic carbocycles. The Hall–Kier alpha value is -0.910. The summed E-state index contributed by atoms with van der Waals surface area (Å²) in [7, 11) is 0. The summed E-state index contributed by atoms with van der Waals surface area (Å²) in [5, 5.41) is 0. The molecule has 0 aliphatic heterocycles. The van der Waals surface area contributed by atoms with E-state index in [0.717, 1.165) is 30.7 Å². The lowest BCUT2D eigenvalue weighted by Gasteiger charge is -1.90. The molecule has 0 saturated carbocycles. The van der Waals surface area contributed by atoms with Crippen molar-refractivity contribution in [1.82, 2.24) is 0 Å². The zero-order chi connectivity index (χ0) is 10.7. The molecule has 5 heteroatoms. The summed E-state index contributed by atoms with van der Waals surface area (Å²) in [5.74, 6) is 0. The first-order valence-corrected chi connectivity index (χ1v) is 6.54. The Kier molecular flexibility index (Phi) is 3.35. The zero-order valence-electron chi connectivity index (χ0n) is 7.51. The average molecular weight is 254 g/mol. The lowest BCUT2D eigenvalue weighted by molar-refractivity contribution is 0.111. The van der Waals surface area contributed by atoms with Gasteiger partial charge in [0.25, 0.3) is 0 Å². The molecule has 0 aromatic carbocycles. The van der Waals surface area contributed by atoms with Crippen LogP contribution in [0, 0.1) is 0 Å². The van der Waals surface area contributed by atoms with Crippen molar-refractivity contribution in [2.24, 2.45) is 0 Å². The normalized spacial score (nSPS) is 10.1. The molecule has 0 N–H and O–H groups in total. The number of rotatable bonds is 4. The van der Waals surface area contributed by atoms with Crippen LogP contribution in [0.25, 0.3) is 0 Å².